The molecule has 0 aliphatic heterocycles. The largest absolute Gasteiger partial charge is 0.450 e. The first-order valence-electron chi connectivity index (χ1n) is 5.23. The summed E-state index contributed by atoms with van der Waals surface area (Å²) >= 11 is 0. The molecule has 0 aromatic carbocycles. The van der Waals surface area contributed by atoms with E-state index in [0.29, 0.717) is 12.6 Å². The lowest BCUT2D eigenvalue weighted by molar-refractivity contribution is 0.104. The van der Waals surface area contributed by atoms with E-state index in [9.17, 15) is 4.79 Å². The molecule has 0 heterocycles. The van der Waals surface area contributed by atoms with Gasteiger partial charge >= 0.3 is 6.09 Å². The average Bonchev–Trinajstić information content (AvgIpc) is 2.89. The van der Waals surface area contributed by atoms with Crippen LogP contribution in [0.2, 0.25) is 0 Å². The van der Waals surface area contributed by atoms with Crippen molar-refractivity contribution in [3.8, 4) is 0 Å². The van der Waals surface area contributed by atoms with Crippen LogP contribution in [0.25, 0.3) is 0 Å². The molecule has 1 saturated carbocycles. The zero-order valence-corrected chi connectivity index (χ0v) is 8.58. The van der Waals surface area contributed by atoms with E-state index in [2.05, 4.69) is 6.92 Å². The maximum Gasteiger partial charge on any atom is 0.409 e. The van der Waals surface area contributed by atoms with Crippen LogP contribution < -0.4 is 0 Å². The van der Waals surface area contributed by atoms with Crippen molar-refractivity contribution in [2.24, 2.45) is 0 Å². The Morgan fingerprint density at radius 2 is 2.15 bits per heavy atom. The molecule has 3 nitrogen and oxygen atoms in total. The highest BCUT2D eigenvalue weighted by atomic mass is 16.6. The highest BCUT2D eigenvalue weighted by Crippen LogP contribution is 2.27. The molecule has 1 rings (SSSR count). The molecule has 1 aliphatic rings. The first kappa shape index (κ1) is 10.4. The predicted octanol–water partition coefficient (Wildman–Crippen LogP) is 2.41. The molecule has 1 aliphatic carbocycles. The molecule has 0 spiro atoms. The summed E-state index contributed by atoms with van der Waals surface area (Å²) < 4.78 is 4.99. The van der Waals surface area contributed by atoms with E-state index >= 15 is 0 Å². The maximum atomic E-state index is 11.4. The number of hydrogen-bond donors (Lipinski definition) is 0. The van der Waals surface area contributed by atoms with E-state index in [0.717, 1.165) is 32.2 Å². The van der Waals surface area contributed by atoms with E-state index in [4.69, 9.17) is 4.74 Å². The molecule has 0 atom stereocenters. The molecule has 0 aromatic heterocycles. The Hall–Kier alpha value is -0.730. The number of amides is 1. The Morgan fingerprint density at radius 3 is 2.62 bits per heavy atom. The van der Waals surface area contributed by atoms with E-state index in [1.54, 1.807) is 0 Å². The van der Waals surface area contributed by atoms with Crippen LogP contribution in [-0.4, -0.2) is 30.2 Å². The van der Waals surface area contributed by atoms with Crippen LogP contribution in [0.4, 0.5) is 4.79 Å². The molecule has 0 N–H and O–H groups in total. The Morgan fingerprint density at radius 1 is 1.46 bits per heavy atom. The molecule has 76 valence electrons. The number of unbranched alkanes of at least 4 members (excludes halogenated alkanes) is 1. The van der Waals surface area contributed by atoms with Crippen molar-refractivity contribution in [2.75, 3.05) is 13.2 Å². The van der Waals surface area contributed by atoms with Gasteiger partial charge in [0.2, 0.25) is 0 Å². The molecule has 0 saturated heterocycles. The van der Waals surface area contributed by atoms with Crippen LogP contribution in [0.15, 0.2) is 0 Å². The van der Waals surface area contributed by atoms with Crippen LogP contribution in [0, 0.1) is 0 Å². The molecule has 13 heavy (non-hydrogen) atoms. The summed E-state index contributed by atoms with van der Waals surface area (Å²) in [5, 5.41) is 0. The Balaban J connectivity index is 2.32. The van der Waals surface area contributed by atoms with E-state index in [1.165, 1.54) is 0 Å². The number of hydrogen-bond acceptors (Lipinski definition) is 2. The van der Waals surface area contributed by atoms with Gasteiger partial charge in [-0.15, -0.1) is 0 Å². The van der Waals surface area contributed by atoms with Gasteiger partial charge in [-0.1, -0.05) is 13.3 Å². The first-order valence-corrected chi connectivity index (χ1v) is 5.23. The smallest absolute Gasteiger partial charge is 0.409 e. The normalized spacial score (nSPS) is 15.5. The van der Waals surface area contributed by atoms with Gasteiger partial charge in [0.1, 0.15) is 0 Å². The highest BCUT2D eigenvalue weighted by molar-refractivity contribution is 5.68. The van der Waals surface area contributed by atoms with Gasteiger partial charge in [0.05, 0.1) is 6.61 Å². The third-order valence-corrected chi connectivity index (χ3v) is 2.24. The number of rotatable bonds is 5. The molecule has 1 fully saturated rings. The van der Waals surface area contributed by atoms with E-state index in [1.807, 2.05) is 11.8 Å². The molecular weight excluding hydrogens is 166 g/mol. The minimum atomic E-state index is -0.126. The predicted molar refractivity (Wildman–Crippen MR) is 51.7 cm³/mol. The van der Waals surface area contributed by atoms with Crippen LogP contribution >= 0.6 is 0 Å². The Bertz CT molecular complexity index is 166. The quantitative estimate of drug-likeness (QED) is 0.658. The summed E-state index contributed by atoms with van der Waals surface area (Å²) in [5.41, 5.74) is 0. The third kappa shape index (κ3) is 3.25. The fraction of sp³-hybridized carbons (Fsp3) is 0.900. The van der Waals surface area contributed by atoms with Crippen molar-refractivity contribution in [2.45, 2.75) is 45.6 Å². The van der Waals surface area contributed by atoms with Gasteiger partial charge in [0, 0.05) is 12.6 Å². The monoisotopic (exact) mass is 185 g/mol. The number of nitrogens with zero attached hydrogens (tertiary/aromatic N) is 1. The van der Waals surface area contributed by atoms with Crippen molar-refractivity contribution in [3.63, 3.8) is 0 Å². The lowest BCUT2D eigenvalue weighted by Crippen LogP contribution is -2.34. The summed E-state index contributed by atoms with van der Waals surface area (Å²) in [4.78, 5) is 13.3. The van der Waals surface area contributed by atoms with Gasteiger partial charge in [-0.25, -0.2) is 4.79 Å². The molecule has 3 heteroatoms. The van der Waals surface area contributed by atoms with E-state index < -0.39 is 0 Å². The van der Waals surface area contributed by atoms with Gasteiger partial charge in [-0.05, 0) is 26.2 Å². The summed E-state index contributed by atoms with van der Waals surface area (Å²) in [5.74, 6) is 0. The van der Waals surface area contributed by atoms with E-state index in [-0.39, 0.29) is 6.09 Å². The second kappa shape index (κ2) is 5.10. The molecular formula is C10H19NO2. The summed E-state index contributed by atoms with van der Waals surface area (Å²) in [6.45, 7) is 5.33. The SMILES string of the molecule is CCCCN(C(=O)OCC)C1CC1. The average molecular weight is 185 g/mol. The Kier molecular flexibility index (Phi) is 4.06. The second-order valence-electron chi connectivity index (χ2n) is 3.48. The summed E-state index contributed by atoms with van der Waals surface area (Å²) in [6, 6.07) is 0.477. The molecule has 0 bridgehead atoms. The topological polar surface area (TPSA) is 29.5 Å². The summed E-state index contributed by atoms with van der Waals surface area (Å²) in [6.07, 6.45) is 4.39. The molecule has 0 aromatic rings. The number of ether oxygens (including phenoxy) is 1. The number of carbonyl (C=O) groups excluding carboxylic acids is 1. The van der Waals surface area contributed by atoms with Gasteiger partial charge in [0.15, 0.2) is 0 Å². The zero-order chi connectivity index (χ0) is 9.68. The van der Waals surface area contributed by atoms with Crippen LogP contribution in [0.5, 0.6) is 0 Å². The lowest BCUT2D eigenvalue weighted by atomic mass is 10.3. The lowest BCUT2D eigenvalue weighted by Gasteiger charge is -2.20. The van der Waals surface area contributed by atoms with Crippen LogP contribution in [-0.2, 0) is 4.74 Å². The van der Waals surface area contributed by atoms with Gasteiger partial charge in [-0.2, -0.15) is 0 Å². The second-order valence-corrected chi connectivity index (χ2v) is 3.48. The minimum Gasteiger partial charge on any atom is -0.450 e. The maximum absolute atomic E-state index is 11.4. The zero-order valence-electron chi connectivity index (χ0n) is 8.58. The van der Waals surface area contributed by atoms with Crippen molar-refractivity contribution < 1.29 is 9.53 Å². The van der Waals surface area contributed by atoms with Gasteiger partial charge in [0.25, 0.3) is 0 Å². The van der Waals surface area contributed by atoms with Crippen LogP contribution in [0.1, 0.15) is 39.5 Å². The Labute approximate surface area is 80.1 Å². The molecule has 0 unspecified atom stereocenters. The van der Waals surface area contributed by atoms with Gasteiger partial charge < -0.3 is 9.64 Å². The third-order valence-electron chi connectivity index (χ3n) is 2.24. The fourth-order valence-corrected chi connectivity index (χ4v) is 1.34. The van der Waals surface area contributed by atoms with Gasteiger partial charge in [-0.3, -0.25) is 0 Å². The van der Waals surface area contributed by atoms with Crippen molar-refractivity contribution >= 4 is 6.09 Å². The van der Waals surface area contributed by atoms with Crippen molar-refractivity contribution in [3.05, 3.63) is 0 Å². The summed E-state index contributed by atoms with van der Waals surface area (Å²) in [7, 11) is 0. The number of carbonyl (C=O) groups is 1. The highest BCUT2D eigenvalue weighted by Gasteiger charge is 2.32. The van der Waals surface area contributed by atoms with Crippen molar-refractivity contribution in [1.82, 2.24) is 4.90 Å². The minimum absolute atomic E-state index is 0.126. The van der Waals surface area contributed by atoms with Crippen LogP contribution in [0.3, 0.4) is 0 Å². The first-order chi connectivity index (χ1) is 6.29. The molecule has 0 radical (unpaired) electrons. The van der Waals surface area contributed by atoms with Crippen molar-refractivity contribution in [1.29, 1.82) is 0 Å². The molecule has 1 amide bonds. The fourth-order valence-electron chi connectivity index (χ4n) is 1.34. The standard InChI is InChI=1S/C10H19NO2/c1-3-5-8-11(9-6-7-9)10(12)13-4-2/h9H,3-8H2,1-2H3.